The summed E-state index contributed by atoms with van der Waals surface area (Å²) in [6.07, 6.45) is 1.82. The van der Waals surface area contributed by atoms with Crippen LogP contribution in [0.4, 0.5) is 5.69 Å². The largest absolute Gasteiger partial charge is 0.396 e. The zero-order valence-corrected chi connectivity index (χ0v) is 13.6. The first kappa shape index (κ1) is 14.4. The van der Waals surface area contributed by atoms with Gasteiger partial charge in [0.1, 0.15) is 10.0 Å². The smallest absolute Gasteiger partial charge is 0.118 e. The van der Waals surface area contributed by atoms with Crippen molar-refractivity contribution in [1.29, 1.82) is 0 Å². The molecule has 2 heterocycles. The van der Waals surface area contributed by atoms with Gasteiger partial charge in [-0.2, -0.15) is 5.10 Å². The van der Waals surface area contributed by atoms with Crippen LogP contribution >= 0.6 is 34.5 Å². The topological polar surface area (TPSA) is 43.8 Å². The van der Waals surface area contributed by atoms with E-state index in [0.29, 0.717) is 26.6 Å². The van der Waals surface area contributed by atoms with Crippen LogP contribution in [0.15, 0.2) is 36.5 Å². The summed E-state index contributed by atoms with van der Waals surface area (Å²) in [5.41, 5.74) is 10.5. The van der Waals surface area contributed by atoms with Crippen molar-refractivity contribution < 1.29 is 0 Å². The van der Waals surface area contributed by atoms with Gasteiger partial charge in [-0.05, 0) is 18.6 Å². The van der Waals surface area contributed by atoms with E-state index < -0.39 is 0 Å². The molecule has 2 N–H and O–H groups in total. The standard InChI is InChI=1S/C15H13Cl2N3S/c1-9-2-4-10(5-3-9)7-20-8-12(18)14(19-20)11-6-13(16)21-15(11)17/h2-6,8H,7,18H2,1H3. The predicted molar refractivity (Wildman–Crippen MR) is 90.3 cm³/mol. The van der Waals surface area contributed by atoms with E-state index in [-0.39, 0.29) is 0 Å². The van der Waals surface area contributed by atoms with Crippen molar-refractivity contribution in [2.75, 3.05) is 5.73 Å². The molecule has 108 valence electrons. The molecule has 0 amide bonds. The van der Waals surface area contributed by atoms with E-state index in [0.717, 1.165) is 5.56 Å². The van der Waals surface area contributed by atoms with E-state index in [1.54, 1.807) is 6.07 Å². The maximum Gasteiger partial charge on any atom is 0.118 e. The summed E-state index contributed by atoms with van der Waals surface area (Å²) in [4.78, 5) is 0. The molecule has 0 atom stereocenters. The highest BCUT2D eigenvalue weighted by Crippen LogP contribution is 2.39. The number of aromatic nitrogens is 2. The van der Waals surface area contributed by atoms with Crippen LogP contribution in [-0.4, -0.2) is 9.78 Å². The first-order chi connectivity index (χ1) is 10.0. The quantitative estimate of drug-likeness (QED) is 0.741. The fourth-order valence-corrected chi connectivity index (χ4v) is 3.58. The molecule has 2 aromatic heterocycles. The van der Waals surface area contributed by atoms with Crippen LogP contribution in [0.3, 0.4) is 0 Å². The van der Waals surface area contributed by atoms with Gasteiger partial charge < -0.3 is 5.73 Å². The number of rotatable bonds is 3. The lowest BCUT2D eigenvalue weighted by molar-refractivity contribution is 0.689. The van der Waals surface area contributed by atoms with Crippen molar-refractivity contribution >= 4 is 40.2 Å². The highest BCUT2D eigenvalue weighted by molar-refractivity contribution is 7.20. The summed E-state index contributed by atoms with van der Waals surface area (Å²) in [7, 11) is 0. The zero-order chi connectivity index (χ0) is 15.0. The molecule has 0 radical (unpaired) electrons. The second-order valence-electron chi connectivity index (χ2n) is 4.85. The number of nitrogens with two attached hydrogens (primary N) is 1. The van der Waals surface area contributed by atoms with E-state index in [1.165, 1.54) is 22.5 Å². The summed E-state index contributed by atoms with van der Waals surface area (Å²) >= 11 is 13.5. The first-order valence-corrected chi connectivity index (χ1v) is 7.94. The Balaban J connectivity index is 1.91. The number of anilines is 1. The lowest BCUT2D eigenvalue weighted by atomic mass is 10.1. The minimum absolute atomic E-state index is 0.596. The molecule has 0 unspecified atom stereocenters. The predicted octanol–water partition coefficient (Wildman–Crippen LogP) is 4.86. The number of hydrogen-bond donors (Lipinski definition) is 1. The summed E-state index contributed by atoms with van der Waals surface area (Å²) in [6, 6.07) is 10.1. The molecule has 0 aliphatic rings. The maximum atomic E-state index is 6.17. The molecule has 0 saturated carbocycles. The SMILES string of the molecule is Cc1ccc(Cn2cc(N)c(-c3cc(Cl)sc3Cl)n2)cc1. The third kappa shape index (κ3) is 3.07. The number of benzene rings is 1. The molecule has 0 aliphatic heterocycles. The van der Waals surface area contributed by atoms with Gasteiger partial charge in [-0.15, -0.1) is 11.3 Å². The van der Waals surface area contributed by atoms with Gasteiger partial charge in [0.05, 0.1) is 16.6 Å². The van der Waals surface area contributed by atoms with Gasteiger partial charge >= 0.3 is 0 Å². The van der Waals surface area contributed by atoms with Gasteiger partial charge in [0.2, 0.25) is 0 Å². The van der Waals surface area contributed by atoms with Crippen LogP contribution < -0.4 is 5.73 Å². The number of aryl methyl sites for hydroxylation is 1. The van der Waals surface area contributed by atoms with E-state index in [4.69, 9.17) is 28.9 Å². The monoisotopic (exact) mass is 337 g/mol. The van der Waals surface area contributed by atoms with Gasteiger partial charge in [0, 0.05) is 11.8 Å². The summed E-state index contributed by atoms with van der Waals surface area (Å²) < 4.78 is 3.05. The lowest BCUT2D eigenvalue weighted by Crippen LogP contribution is -2.00. The van der Waals surface area contributed by atoms with Crippen molar-refractivity contribution in [1.82, 2.24) is 9.78 Å². The third-order valence-corrected chi connectivity index (χ3v) is 4.65. The van der Waals surface area contributed by atoms with Gasteiger partial charge in [-0.1, -0.05) is 53.0 Å². The molecule has 3 aromatic rings. The Kier molecular flexibility index (Phi) is 3.93. The van der Waals surface area contributed by atoms with Crippen LogP contribution in [0.2, 0.25) is 8.67 Å². The summed E-state index contributed by atoms with van der Waals surface area (Å²) in [5.74, 6) is 0. The van der Waals surface area contributed by atoms with Crippen LogP contribution in [0.5, 0.6) is 0 Å². The van der Waals surface area contributed by atoms with Crippen molar-refractivity contribution in [2.45, 2.75) is 13.5 Å². The fourth-order valence-electron chi connectivity index (χ4n) is 2.11. The second-order valence-corrected chi connectivity index (χ2v) is 7.14. The van der Waals surface area contributed by atoms with Gasteiger partial charge in [-0.3, -0.25) is 4.68 Å². The number of nitrogens with zero attached hydrogens (tertiary/aromatic N) is 2. The summed E-state index contributed by atoms with van der Waals surface area (Å²) in [5, 5.41) is 4.53. The van der Waals surface area contributed by atoms with Gasteiger partial charge in [-0.25, -0.2) is 0 Å². The van der Waals surface area contributed by atoms with Crippen molar-refractivity contribution in [3.05, 3.63) is 56.3 Å². The van der Waals surface area contributed by atoms with Gasteiger partial charge in [0.15, 0.2) is 0 Å². The van der Waals surface area contributed by atoms with Crippen molar-refractivity contribution in [3.8, 4) is 11.3 Å². The third-order valence-electron chi connectivity index (χ3n) is 3.17. The molecule has 0 saturated heterocycles. The fraction of sp³-hybridized carbons (Fsp3) is 0.133. The molecular weight excluding hydrogens is 325 g/mol. The molecule has 0 aliphatic carbocycles. The lowest BCUT2D eigenvalue weighted by Gasteiger charge is -2.02. The van der Waals surface area contributed by atoms with E-state index in [2.05, 4.69) is 36.3 Å². The first-order valence-electron chi connectivity index (χ1n) is 6.36. The van der Waals surface area contributed by atoms with E-state index in [1.807, 2.05) is 10.9 Å². The Hall–Kier alpha value is -1.49. The Morgan fingerprint density at radius 3 is 2.57 bits per heavy atom. The van der Waals surface area contributed by atoms with Crippen LogP contribution in [0.25, 0.3) is 11.3 Å². The number of hydrogen-bond acceptors (Lipinski definition) is 3. The Morgan fingerprint density at radius 1 is 1.24 bits per heavy atom. The zero-order valence-electron chi connectivity index (χ0n) is 11.3. The molecule has 1 aromatic carbocycles. The Morgan fingerprint density at radius 2 is 1.95 bits per heavy atom. The normalized spacial score (nSPS) is 11.0. The van der Waals surface area contributed by atoms with Crippen LogP contribution in [0, 0.1) is 6.92 Å². The van der Waals surface area contributed by atoms with Crippen LogP contribution in [-0.2, 0) is 6.54 Å². The number of thiophene rings is 1. The maximum absolute atomic E-state index is 6.17. The summed E-state index contributed by atoms with van der Waals surface area (Å²) in [6.45, 7) is 2.73. The molecule has 0 fully saturated rings. The molecule has 0 spiro atoms. The molecule has 3 rings (SSSR count). The minimum Gasteiger partial charge on any atom is -0.396 e. The average molecular weight is 338 g/mol. The highest BCUT2D eigenvalue weighted by atomic mass is 35.5. The Bertz CT molecular complexity index is 775. The second kappa shape index (κ2) is 5.72. The van der Waals surface area contributed by atoms with E-state index in [9.17, 15) is 0 Å². The van der Waals surface area contributed by atoms with Crippen LogP contribution in [0.1, 0.15) is 11.1 Å². The molecular formula is C15H13Cl2N3S. The minimum atomic E-state index is 0.596. The molecule has 6 heteroatoms. The van der Waals surface area contributed by atoms with E-state index >= 15 is 0 Å². The molecule has 21 heavy (non-hydrogen) atoms. The molecule has 0 bridgehead atoms. The molecule has 3 nitrogen and oxygen atoms in total. The number of nitrogen functional groups attached to an aromatic ring is 1. The van der Waals surface area contributed by atoms with Crippen molar-refractivity contribution in [3.63, 3.8) is 0 Å². The number of halogens is 2. The Labute approximate surface area is 136 Å². The van der Waals surface area contributed by atoms with Gasteiger partial charge in [0.25, 0.3) is 0 Å². The highest BCUT2D eigenvalue weighted by Gasteiger charge is 2.15. The average Bonchev–Trinajstić information content (AvgIpc) is 2.95. The van der Waals surface area contributed by atoms with Crippen molar-refractivity contribution in [2.24, 2.45) is 0 Å².